The molecule has 2 atom stereocenters. The van der Waals surface area contributed by atoms with Crippen LogP contribution < -0.4 is 4.90 Å². The summed E-state index contributed by atoms with van der Waals surface area (Å²) < 4.78 is 5.78. The Morgan fingerprint density at radius 3 is 2.58 bits per heavy atom. The molecule has 2 amide bonds. The van der Waals surface area contributed by atoms with Gasteiger partial charge in [0, 0.05) is 13.5 Å². The highest BCUT2D eigenvalue weighted by Crippen LogP contribution is 2.62. The van der Waals surface area contributed by atoms with Crippen LogP contribution >= 0.6 is 0 Å². The Morgan fingerprint density at radius 1 is 1.15 bits per heavy atom. The van der Waals surface area contributed by atoms with Gasteiger partial charge in [0.15, 0.2) is 0 Å². The molecule has 2 heterocycles. The summed E-state index contributed by atoms with van der Waals surface area (Å²) in [6.07, 6.45) is 6.41. The number of ether oxygens (including phenoxy) is 1. The van der Waals surface area contributed by atoms with Crippen molar-refractivity contribution in [3.05, 3.63) is 42.0 Å². The fourth-order valence-corrected chi connectivity index (χ4v) is 5.15. The van der Waals surface area contributed by atoms with Crippen molar-refractivity contribution in [2.24, 2.45) is 0 Å². The van der Waals surface area contributed by atoms with Gasteiger partial charge in [-0.15, -0.1) is 0 Å². The number of carbonyl (C=O) groups excluding carboxylic acids is 2. The second kappa shape index (κ2) is 5.35. The fourth-order valence-electron chi connectivity index (χ4n) is 5.15. The van der Waals surface area contributed by atoms with Crippen molar-refractivity contribution >= 4 is 17.7 Å². The van der Waals surface area contributed by atoms with E-state index < -0.39 is 11.3 Å². The van der Waals surface area contributed by atoms with Crippen molar-refractivity contribution < 1.29 is 14.3 Å². The number of benzene rings is 1. The lowest BCUT2D eigenvalue weighted by atomic mass is 9.68. The van der Waals surface area contributed by atoms with Crippen LogP contribution in [0.2, 0.25) is 0 Å². The number of para-hydroxylation sites is 1. The van der Waals surface area contributed by atoms with E-state index in [9.17, 15) is 9.59 Å². The molecule has 2 aliphatic heterocycles. The molecule has 0 N–H and O–H groups in total. The predicted octanol–water partition coefficient (Wildman–Crippen LogP) is 3.98. The van der Waals surface area contributed by atoms with Crippen molar-refractivity contribution in [1.82, 2.24) is 4.90 Å². The van der Waals surface area contributed by atoms with Crippen molar-refractivity contribution in [3.63, 3.8) is 0 Å². The summed E-state index contributed by atoms with van der Waals surface area (Å²) in [5.74, 6) is 0.00328. The summed E-state index contributed by atoms with van der Waals surface area (Å²) >= 11 is 0. The third kappa shape index (κ3) is 2.03. The number of fused-ring (bicyclic) bond motifs is 1. The third-order valence-corrected chi connectivity index (χ3v) is 5.90. The standard InChI is InChI=1S/C21H26N2O3/c1-15(24)22-14-13-20-11-7-8-12-21(20,22)23(18(25)26-19(2,3)4)17-10-6-5-9-16(17)20/h5-7,9-11H,8,12-14H2,1-4H3/t20-,21+/m0/s1. The molecule has 5 heteroatoms. The van der Waals surface area contributed by atoms with Crippen LogP contribution in [0.3, 0.4) is 0 Å². The van der Waals surface area contributed by atoms with E-state index in [1.807, 2.05) is 43.9 Å². The number of rotatable bonds is 0. The lowest BCUT2D eigenvalue weighted by Crippen LogP contribution is -2.66. The highest BCUT2D eigenvalue weighted by atomic mass is 16.6. The van der Waals surface area contributed by atoms with Gasteiger partial charge in [0.1, 0.15) is 11.3 Å². The summed E-state index contributed by atoms with van der Waals surface area (Å²) in [7, 11) is 0. The Bertz CT molecular complexity index is 810. The molecule has 1 aromatic rings. The lowest BCUT2D eigenvalue weighted by molar-refractivity contribution is -0.134. The van der Waals surface area contributed by atoms with Crippen LogP contribution in [0.5, 0.6) is 0 Å². The molecule has 0 spiro atoms. The topological polar surface area (TPSA) is 49.9 Å². The maximum Gasteiger partial charge on any atom is 0.416 e. The molecule has 1 saturated heterocycles. The number of amides is 2. The minimum Gasteiger partial charge on any atom is -0.443 e. The fraction of sp³-hybridized carbons (Fsp3) is 0.524. The van der Waals surface area contributed by atoms with E-state index >= 15 is 0 Å². The summed E-state index contributed by atoms with van der Waals surface area (Å²) in [5, 5.41) is 0. The van der Waals surface area contributed by atoms with Gasteiger partial charge in [0.05, 0.1) is 11.1 Å². The number of anilines is 1. The van der Waals surface area contributed by atoms with E-state index in [0.29, 0.717) is 6.54 Å². The molecule has 0 radical (unpaired) electrons. The number of likely N-dealkylation sites (tertiary alicyclic amines) is 1. The second-order valence-electron chi connectivity index (χ2n) is 8.48. The predicted molar refractivity (Wildman–Crippen MR) is 99.9 cm³/mol. The normalized spacial score (nSPS) is 29.2. The van der Waals surface area contributed by atoms with E-state index in [-0.39, 0.29) is 17.4 Å². The molecule has 3 aliphatic rings. The zero-order chi connectivity index (χ0) is 18.7. The first-order valence-electron chi connectivity index (χ1n) is 9.32. The molecular formula is C21H26N2O3. The number of hydrogen-bond donors (Lipinski definition) is 0. The molecular weight excluding hydrogens is 328 g/mol. The van der Waals surface area contributed by atoms with Gasteiger partial charge >= 0.3 is 6.09 Å². The van der Waals surface area contributed by atoms with Crippen molar-refractivity contribution in [2.45, 2.75) is 63.6 Å². The average molecular weight is 354 g/mol. The van der Waals surface area contributed by atoms with E-state index in [0.717, 1.165) is 30.5 Å². The van der Waals surface area contributed by atoms with Gasteiger partial charge in [-0.05, 0) is 51.7 Å². The minimum atomic E-state index is -0.709. The molecule has 1 fully saturated rings. The molecule has 1 aliphatic carbocycles. The maximum absolute atomic E-state index is 13.3. The Morgan fingerprint density at radius 2 is 1.88 bits per heavy atom. The molecule has 0 bridgehead atoms. The maximum atomic E-state index is 13.3. The van der Waals surface area contributed by atoms with Gasteiger partial charge in [-0.1, -0.05) is 30.4 Å². The van der Waals surface area contributed by atoms with E-state index in [1.165, 1.54) is 0 Å². The number of hydrogen-bond acceptors (Lipinski definition) is 3. The van der Waals surface area contributed by atoms with Crippen LogP contribution in [-0.2, 0) is 14.9 Å². The first-order chi connectivity index (χ1) is 12.2. The second-order valence-corrected chi connectivity index (χ2v) is 8.48. The van der Waals surface area contributed by atoms with E-state index in [1.54, 1.807) is 11.8 Å². The van der Waals surface area contributed by atoms with Gasteiger partial charge in [-0.25, -0.2) is 4.79 Å². The number of nitrogens with zero attached hydrogens (tertiary/aromatic N) is 2. The Labute approximate surface area is 154 Å². The van der Waals surface area contributed by atoms with Crippen LogP contribution in [-0.4, -0.2) is 34.7 Å². The van der Waals surface area contributed by atoms with Gasteiger partial charge in [-0.3, -0.25) is 9.69 Å². The highest BCUT2D eigenvalue weighted by Gasteiger charge is 2.70. The zero-order valence-electron chi connectivity index (χ0n) is 15.9. The smallest absolute Gasteiger partial charge is 0.416 e. The zero-order valence-corrected chi connectivity index (χ0v) is 15.9. The molecule has 4 rings (SSSR count). The highest BCUT2D eigenvalue weighted by molar-refractivity contribution is 5.96. The summed E-state index contributed by atoms with van der Waals surface area (Å²) in [6.45, 7) is 7.86. The molecule has 26 heavy (non-hydrogen) atoms. The summed E-state index contributed by atoms with van der Waals surface area (Å²) in [5.41, 5.74) is 0.312. The molecule has 138 valence electrons. The van der Waals surface area contributed by atoms with E-state index in [2.05, 4.69) is 18.2 Å². The van der Waals surface area contributed by atoms with Crippen LogP contribution in [0.25, 0.3) is 0 Å². The van der Waals surface area contributed by atoms with Crippen LogP contribution in [0.15, 0.2) is 36.4 Å². The van der Waals surface area contributed by atoms with Crippen molar-refractivity contribution in [2.75, 3.05) is 11.4 Å². The quantitative estimate of drug-likeness (QED) is 0.662. The van der Waals surface area contributed by atoms with Gasteiger partial charge < -0.3 is 9.64 Å². The average Bonchev–Trinajstić information content (AvgIpc) is 3.02. The minimum absolute atomic E-state index is 0.00328. The largest absolute Gasteiger partial charge is 0.443 e. The van der Waals surface area contributed by atoms with Gasteiger partial charge in [0.25, 0.3) is 0 Å². The first-order valence-corrected chi connectivity index (χ1v) is 9.32. The van der Waals surface area contributed by atoms with Crippen LogP contribution in [0.4, 0.5) is 10.5 Å². The van der Waals surface area contributed by atoms with E-state index in [4.69, 9.17) is 4.74 Å². The third-order valence-electron chi connectivity index (χ3n) is 5.90. The van der Waals surface area contributed by atoms with Gasteiger partial charge in [0.2, 0.25) is 5.91 Å². The molecule has 0 saturated carbocycles. The van der Waals surface area contributed by atoms with Crippen molar-refractivity contribution in [1.29, 1.82) is 0 Å². The molecule has 1 aromatic carbocycles. The van der Waals surface area contributed by atoms with Crippen molar-refractivity contribution in [3.8, 4) is 0 Å². The van der Waals surface area contributed by atoms with Crippen LogP contribution in [0.1, 0.15) is 52.5 Å². The lowest BCUT2D eigenvalue weighted by Gasteiger charge is -2.50. The van der Waals surface area contributed by atoms with Gasteiger partial charge in [-0.2, -0.15) is 0 Å². The molecule has 0 aromatic heterocycles. The molecule has 0 unspecified atom stereocenters. The number of allylic oxidation sites excluding steroid dienone is 1. The Hall–Kier alpha value is -2.30. The first kappa shape index (κ1) is 17.1. The summed E-state index contributed by atoms with van der Waals surface area (Å²) in [6, 6.07) is 8.01. The monoisotopic (exact) mass is 354 g/mol. The number of carbonyl (C=O) groups is 2. The molecule has 5 nitrogen and oxygen atoms in total. The summed E-state index contributed by atoms with van der Waals surface area (Å²) in [4.78, 5) is 29.5. The SMILES string of the molecule is CC(=O)N1CC[C@]23C=CCC[C@]12N(C(=O)OC(C)(C)C)c1ccccc13. The Balaban J connectivity index is 1.96. The Kier molecular flexibility index (Phi) is 3.52. The van der Waals surface area contributed by atoms with Crippen LogP contribution in [0, 0.1) is 0 Å².